The molecule has 0 bridgehead atoms. The number of Topliss-reactive ketones (excluding diaryl/α,β-unsaturated/α-hetero) is 1. The number of nitrogens with one attached hydrogen (secondary N) is 1. The Labute approximate surface area is 264 Å². The molecule has 1 aliphatic rings. The Balaban J connectivity index is 1.14. The molecule has 1 aliphatic heterocycles. The number of carbonyl (C=O) groups is 2. The van der Waals surface area contributed by atoms with Gasteiger partial charge in [-0.15, -0.1) is 0 Å². The van der Waals surface area contributed by atoms with Crippen molar-refractivity contribution in [3.05, 3.63) is 137 Å². The fraction of sp³-hybridized carbons (Fsp3) is 0.216. The summed E-state index contributed by atoms with van der Waals surface area (Å²) in [4.78, 5) is 31.5. The van der Waals surface area contributed by atoms with Crippen LogP contribution in [0.4, 0.5) is 24.9 Å². The number of aryl methyl sites for hydroxylation is 1. The maximum Gasteiger partial charge on any atom is 0.437 e. The number of piperidine rings is 1. The summed E-state index contributed by atoms with van der Waals surface area (Å²) >= 11 is 0. The van der Waals surface area contributed by atoms with Crippen molar-refractivity contribution in [1.29, 1.82) is 0 Å². The summed E-state index contributed by atoms with van der Waals surface area (Å²) in [5, 5.41) is 2.92. The lowest BCUT2D eigenvalue weighted by molar-refractivity contribution is -0.141. The second kappa shape index (κ2) is 13.0. The van der Waals surface area contributed by atoms with E-state index in [0.29, 0.717) is 30.1 Å². The predicted octanol–water partition coefficient (Wildman–Crippen LogP) is 8.73. The topological polar surface area (TPSA) is 75.4 Å². The molecule has 46 heavy (non-hydrogen) atoms. The van der Waals surface area contributed by atoms with Crippen LogP contribution in [0.2, 0.25) is 0 Å². The fourth-order valence-corrected chi connectivity index (χ4v) is 5.78. The lowest BCUT2D eigenvalue weighted by atomic mass is 9.90. The summed E-state index contributed by atoms with van der Waals surface area (Å²) in [5.41, 5.74) is 4.15. The Kier molecular flexibility index (Phi) is 8.74. The minimum Gasteiger partial charge on any atom is -0.420 e. The van der Waals surface area contributed by atoms with Gasteiger partial charge >= 0.3 is 6.18 Å². The Bertz CT molecular complexity index is 1840. The van der Waals surface area contributed by atoms with Crippen LogP contribution >= 0.6 is 0 Å². The number of amides is 1. The summed E-state index contributed by atoms with van der Waals surface area (Å²) in [6, 6.07) is 31.4. The summed E-state index contributed by atoms with van der Waals surface area (Å²) in [6.07, 6.45) is -3.64. The van der Waals surface area contributed by atoms with Crippen molar-refractivity contribution in [3.8, 4) is 11.1 Å². The molecule has 1 saturated heterocycles. The summed E-state index contributed by atoms with van der Waals surface area (Å²) in [6.45, 7) is 2.86. The molecule has 0 radical (unpaired) electrons. The maximum atomic E-state index is 14.0. The van der Waals surface area contributed by atoms with E-state index in [2.05, 4.69) is 22.4 Å². The van der Waals surface area contributed by atoms with Gasteiger partial charge in [0.1, 0.15) is 0 Å². The van der Waals surface area contributed by atoms with Crippen LogP contribution in [0.25, 0.3) is 11.1 Å². The van der Waals surface area contributed by atoms with Gasteiger partial charge in [-0.2, -0.15) is 18.2 Å². The SMILES string of the molecule is Cc1ccccc1NC(=O)c1cccc(-c2ccc(CC(=O)c3oc(N4CCC(c5ccccc5)CC4)nc3C(F)(F)F)cc2)c1. The smallest absolute Gasteiger partial charge is 0.420 e. The number of nitrogens with zero attached hydrogens (tertiary/aromatic N) is 2. The number of aromatic nitrogens is 1. The quantitative estimate of drug-likeness (QED) is 0.175. The molecule has 6 rings (SSSR count). The number of hydrogen-bond donors (Lipinski definition) is 1. The molecule has 0 saturated carbocycles. The largest absolute Gasteiger partial charge is 0.437 e. The van der Waals surface area contributed by atoms with Crippen molar-refractivity contribution >= 4 is 23.4 Å². The Hall–Kier alpha value is -5.18. The number of ketones is 1. The first-order chi connectivity index (χ1) is 22.2. The van der Waals surface area contributed by atoms with E-state index in [-0.39, 0.29) is 18.3 Å². The standard InChI is InChI=1S/C37H32F3N3O3/c1-24-8-5-6-13-31(24)41-35(45)30-12-7-11-29(23-30)27-16-14-25(15-17-27)22-32(44)33-34(37(38,39)40)42-36(46-33)43-20-18-28(19-21-43)26-9-3-2-4-10-26/h2-17,23,28H,18-22H2,1H3,(H,41,45). The van der Waals surface area contributed by atoms with Crippen molar-refractivity contribution in [2.45, 2.75) is 38.3 Å². The Morgan fingerprint density at radius 2 is 1.57 bits per heavy atom. The van der Waals surface area contributed by atoms with Gasteiger partial charge in [0.2, 0.25) is 11.5 Å². The first-order valence-electron chi connectivity index (χ1n) is 15.1. The first-order valence-corrected chi connectivity index (χ1v) is 15.1. The number of rotatable bonds is 8. The van der Waals surface area contributed by atoms with Gasteiger partial charge in [-0.05, 0) is 71.7 Å². The van der Waals surface area contributed by atoms with Gasteiger partial charge in [-0.25, -0.2) is 0 Å². The van der Waals surface area contributed by atoms with Crippen molar-refractivity contribution in [2.75, 3.05) is 23.3 Å². The normalized spacial score (nSPS) is 13.9. The van der Waals surface area contributed by atoms with Crippen LogP contribution in [0, 0.1) is 6.92 Å². The van der Waals surface area contributed by atoms with E-state index in [1.807, 2.05) is 55.5 Å². The Morgan fingerprint density at radius 3 is 2.26 bits per heavy atom. The molecule has 0 atom stereocenters. The predicted molar refractivity (Wildman–Crippen MR) is 171 cm³/mol. The van der Waals surface area contributed by atoms with E-state index >= 15 is 0 Å². The monoisotopic (exact) mass is 623 g/mol. The molecule has 9 heteroatoms. The molecule has 4 aromatic carbocycles. The molecule has 1 amide bonds. The highest BCUT2D eigenvalue weighted by atomic mass is 19.4. The van der Waals surface area contributed by atoms with Gasteiger partial charge in [-0.1, -0.05) is 84.9 Å². The highest BCUT2D eigenvalue weighted by Gasteiger charge is 2.42. The molecule has 0 spiro atoms. The van der Waals surface area contributed by atoms with E-state index in [1.165, 1.54) is 5.56 Å². The second-order valence-corrected chi connectivity index (χ2v) is 11.5. The maximum absolute atomic E-state index is 14.0. The molecule has 1 N–H and O–H groups in total. The first kappa shape index (κ1) is 30.8. The van der Waals surface area contributed by atoms with E-state index in [9.17, 15) is 22.8 Å². The Morgan fingerprint density at radius 1 is 0.870 bits per heavy atom. The molecule has 0 unspecified atom stereocenters. The molecular formula is C37H32F3N3O3. The van der Waals surface area contributed by atoms with Gasteiger partial charge in [0.15, 0.2) is 5.69 Å². The van der Waals surface area contributed by atoms with Crippen LogP contribution in [-0.2, 0) is 12.6 Å². The number of alkyl halides is 3. The van der Waals surface area contributed by atoms with Crippen LogP contribution in [0.5, 0.6) is 0 Å². The average Bonchev–Trinajstić information content (AvgIpc) is 3.54. The molecule has 234 valence electrons. The van der Waals surface area contributed by atoms with Crippen molar-refractivity contribution in [3.63, 3.8) is 0 Å². The molecule has 1 aromatic heterocycles. The minimum atomic E-state index is -4.84. The van der Waals surface area contributed by atoms with Crippen LogP contribution in [0.1, 0.15) is 62.1 Å². The van der Waals surface area contributed by atoms with Gasteiger partial charge in [0.25, 0.3) is 11.9 Å². The summed E-state index contributed by atoms with van der Waals surface area (Å²) in [5.74, 6) is -1.51. The zero-order valence-corrected chi connectivity index (χ0v) is 25.2. The molecule has 2 heterocycles. The zero-order valence-electron chi connectivity index (χ0n) is 25.2. The summed E-state index contributed by atoms with van der Waals surface area (Å²) < 4.78 is 47.4. The van der Waals surface area contributed by atoms with Crippen LogP contribution in [-0.4, -0.2) is 29.8 Å². The number of hydrogen-bond acceptors (Lipinski definition) is 5. The zero-order chi connectivity index (χ0) is 32.3. The minimum absolute atomic E-state index is 0.177. The van der Waals surface area contributed by atoms with Crippen LogP contribution in [0.15, 0.2) is 108 Å². The third-order valence-electron chi connectivity index (χ3n) is 8.34. The van der Waals surface area contributed by atoms with Crippen LogP contribution in [0.3, 0.4) is 0 Å². The van der Waals surface area contributed by atoms with Gasteiger partial charge in [0, 0.05) is 30.8 Å². The highest BCUT2D eigenvalue weighted by molar-refractivity contribution is 6.05. The third-order valence-corrected chi connectivity index (χ3v) is 8.34. The molecule has 6 nitrogen and oxygen atoms in total. The lowest BCUT2D eigenvalue weighted by Crippen LogP contribution is -2.33. The molecular weight excluding hydrogens is 591 g/mol. The van der Waals surface area contributed by atoms with E-state index in [0.717, 1.165) is 35.2 Å². The van der Waals surface area contributed by atoms with E-state index < -0.39 is 23.4 Å². The lowest BCUT2D eigenvalue weighted by Gasteiger charge is -2.31. The molecule has 1 fully saturated rings. The second-order valence-electron chi connectivity index (χ2n) is 11.5. The third kappa shape index (κ3) is 6.88. The number of carbonyl (C=O) groups excluding carboxylic acids is 2. The van der Waals surface area contributed by atoms with Gasteiger partial charge in [-0.3, -0.25) is 9.59 Å². The number of oxazole rings is 1. The molecule has 0 aliphatic carbocycles. The van der Waals surface area contributed by atoms with E-state index in [1.54, 1.807) is 47.4 Å². The number of anilines is 2. The van der Waals surface area contributed by atoms with Gasteiger partial charge in [0.05, 0.1) is 0 Å². The number of para-hydroxylation sites is 1. The number of benzene rings is 4. The van der Waals surface area contributed by atoms with E-state index in [4.69, 9.17) is 4.42 Å². The molecule has 5 aromatic rings. The van der Waals surface area contributed by atoms with Crippen molar-refractivity contribution < 1.29 is 27.2 Å². The van der Waals surface area contributed by atoms with Crippen LogP contribution < -0.4 is 10.2 Å². The van der Waals surface area contributed by atoms with Crippen molar-refractivity contribution in [2.24, 2.45) is 0 Å². The number of halogens is 3. The fourth-order valence-electron chi connectivity index (χ4n) is 5.78. The average molecular weight is 624 g/mol. The summed E-state index contributed by atoms with van der Waals surface area (Å²) in [7, 11) is 0. The van der Waals surface area contributed by atoms with Gasteiger partial charge < -0.3 is 14.6 Å². The highest BCUT2D eigenvalue weighted by Crippen LogP contribution is 2.37. The van der Waals surface area contributed by atoms with Crippen molar-refractivity contribution in [1.82, 2.24) is 4.98 Å².